The Morgan fingerprint density at radius 1 is 1.14 bits per heavy atom. The zero-order chi connectivity index (χ0) is 21.0. The van der Waals surface area contributed by atoms with Gasteiger partial charge in [0.25, 0.3) is 5.91 Å². The lowest BCUT2D eigenvalue weighted by molar-refractivity contribution is 0.0654. The van der Waals surface area contributed by atoms with Gasteiger partial charge >= 0.3 is 5.97 Å². The first-order valence-corrected chi connectivity index (χ1v) is 10.9. The molecule has 5 atom stereocenters. The van der Waals surface area contributed by atoms with E-state index < -0.39 is 5.97 Å². The molecule has 1 saturated carbocycles. The number of carbonyl (C=O) groups excluding carboxylic acids is 1. The number of fused-ring (bicyclic) bond motifs is 1. The highest BCUT2D eigenvalue weighted by atomic mass is 16.4. The fourth-order valence-corrected chi connectivity index (χ4v) is 5.16. The predicted molar refractivity (Wildman–Crippen MR) is 110 cm³/mol. The van der Waals surface area contributed by atoms with Crippen molar-refractivity contribution in [1.29, 1.82) is 0 Å². The number of amides is 1. The second kappa shape index (κ2) is 9.72. The summed E-state index contributed by atoms with van der Waals surface area (Å²) in [7, 11) is 0. The van der Waals surface area contributed by atoms with Gasteiger partial charge in [-0.3, -0.25) is 4.79 Å². The van der Waals surface area contributed by atoms with Gasteiger partial charge in [0, 0.05) is 13.1 Å². The molecule has 3 N–H and O–H groups in total. The van der Waals surface area contributed by atoms with Crippen LogP contribution in [0.15, 0.2) is 24.3 Å². The van der Waals surface area contributed by atoms with Gasteiger partial charge in [-0.05, 0) is 55.6 Å². The van der Waals surface area contributed by atoms with Crippen molar-refractivity contribution in [1.82, 2.24) is 4.90 Å². The Hall–Kier alpha value is -1.92. The maximum absolute atomic E-state index is 13.0. The molecule has 6 nitrogen and oxygen atoms in total. The Balaban J connectivity index is 1.60. The lowest BCUT2D eigenvalue weighted by atomic mass is 9.87. The van der Waals surface area contributed by atoms with E-state index in [9.17, 15) is 24.9 Å². The molecule has 1 amide bonds. The Bertz CT molecular complexity index is 721. The first kappa shape index (κ1) is 21.8. The van der Waals surface area contributed by atoms with Crippen molar-refractivity contribution < 1.29 is 24.9 Å². The number of hydrogen-bond donors (Lipinski definition) is 3. The molecule has 0 spiro atoms. The summed E-state index contributed by atoms with van der Waals surface area (Å²) in [5, 5.41) is 30.1. The van der Waals surface area contributed by atoms with Gasteiger partial charge < -0.3 is 20.2 Å². The molecule has 3 rings (SSSR count). The standard InChI is InChI=1S/C23H33NO5/c1-2-3-4-7-16(25)10-11-17-20-14-24(13-15(20)12-21(17)26)22(27)18-8-5-6-9-19(18)23(28)29/h5-6,8-9,15-17,20-21,25-26H,2-4,7,10-14H2,1H3,(H,28,29)/t15-,16?,17-,20+,21-/m1/s1. The number of rotatable bonds is 9. The van der Waals surface area contributed by atoms with Gasteiger partial charge in [0.2, 0.25) is 0 Å². The number of nitrogens with zero attached hydrogens (tertiary/aromatic N) is 1. The quantitative estimate of drug-likeness (QED) is 0.550. The summed E-state index contributed by atoms with van der Waals surface area (Å²) in [6.45, 7) is 3.25. The van der Waals surface area contributed by atoms with Crippen LogP contribution in [0.5, 0.6) is 0 Å². The maximum Gasteiger partial charge on any atom is 0.336 e. The van der Waals surface area contributed by atoms with Crippen molar-refractivity contribution in [3.05, 3.63) is 35.4 Å². The van der Waals surface area contributed by atoms with Crippen LogP contribution in [0, 0.1) is 17.8 Å². The monoisotopic (exact) mass is 403 g/mol. The summed E-state index contributed by atoms with van der Waals surface area (Å²) in [6, 6.07) is 6.33. The highest BCUT2D eigenvalue weighted by Crippen LogP contribution is 2.45. The first-order valence-electron chi connectivity index (χ1n) is 10.9. The molecule has 6 heteroatoms. The van der Waals surface area contributed by atoms with E-state index in [1.165, 1.54) is 6.07 Å². The maximum atomic E-state index is 13.0. The lowest BCUT2D eigenvalue weighted by Gasteiger charge is -2.24. The predicted octanol–water partition coefficient (Wildman–Crippen LogP) is 3.18. The zero-order valence-corrected chi connectivity index (χ0v) is 17.2. The van der Waals surface area contributed by atoms with Gasteiger partial charge in [-0.2, -0.15) is 0 Å². The number of aromatic carboxylic acids is 1. The van der Waals surface area contributed by atoms with Crippen molar-refractivity contribution >= 4 is 11.9 Å². The van der Waals surface area contributed by atoms with Crippen LogP contribution in [0.2, 0.25) is 0 Å². The largest absolute Gasteiger partial charge is 0.478 e. The van der Waals surface area contributed by atoms with Gasteiger partial charge in [0.05, 0.1) is 23.3 Å². The number of carboxylic acid groups (broad SMARTS) is 1. The van der Waals surface area contributed by atoms with Gasteiger partial charge in [-0.15, -0.1) is 0 Å². The van der Waals surface area contributed by atoms with Gasteiger partial charge in [0.1, 0.15) is 0 Å². The van der Waals surface area contributed by atoms with Crippen LogP contribution in [-0.4, -0.2) is 57.4 Å². The van der Waals surface area contributed by atoms with Crippen LogP contribution in [0.3, 0.4) is 0 Å². The smallest absolute Gasteiger partial charge is 0.336 e. The second-order valence-electron chi connectivity index (χ2n) is 8.68. The van der Waals surface area contributed by atoms with E-state index in [2.05, 4.69) is 6.92 Å². The summed E-state index contributed by atoms with van der Waals surface area (Å²) < 4.78 is 0. The Morgan fingerprint density at radius 3 is 2.55 bits per heavy atom. The van der Waals surface area contributed by atoms with E-state index >= 15 is 0 Å². The van der Waals surface area contributed by atoms with Gasteiger partial charge in [-0.25, -0.2) is 4.79 Å². The topological polar surface area (TPSA) is 98.1 Å². The number of hydrogen-bond acceptors (Lipinski definition) is 4. The zero-order valence-electron chi connectivity index (χ0n) is 17.2. The molecular weight excluding hydrogens is 370 g/mol. The van der Waals surface area contributed by atoms with Crippen molar-refractivity contribution in [3.8, 4) is 0 Å². The third-order valence-electron chi connectivity index (χ3n) is 6.73. The van der Waals surface area contributed by atoms with Crippen molar-refractivity contribution in [2.45, 2.75) is 64.1 Å². The molecule has 1 aromatic carbocycles. The number of benzene rings is 1. The van der Waals surface area contributed by atoms with Crippen molar-refractivity contribution in [3.63, 3.8) is 0 Å². The Labute approximate surface area is 172 Å². The molecule has 0 bridgehead atoms. The minimum absolute atomic E-state index is 0.0290. The number of carboxylic acids is 1. The molecule has 160 valence electrons. The summed E-state index contributed by atoms with van der Waals surface area (Å²) in [5.74, 6) is -0.792. The van der Waals surface area contributed by atoms with Gasteiger partial charge in [-0.1, -0.05) is 38.3 Å². The summed E-state index contributed by atoms with van der Waals surface area (Å²) in [6.07, 6.45) is 5.52. The van der Waals surface area contributed by atoms with E-state index in [4.69, 9.17) is 0 Å². The first-order chi connectivity index (χ1) is 13.9. The normalized spacial score (nSPS) is 27.1. The van der Waals surface area contributed by atoms with Crippen molar-refractivity contribution in [2.75, 3.05) is 13.1 Å². The van der Waals surface area contributed by atoms with E-state index in [0.717, 1.165) is 32.1 Å². The SMILES string of the molecule is CCCCCC(O)CC[C@@H]1[C@H]2CN(C(=O)c3ccccc3C(=O)O)C[C@H]2C[C@H]1O. The van der Waals surface area contributed by atoms with E-state index in [1.54, 1.807) is 23.1 Å². The van der Waals surface area contributed by atoms with Crippen LogP contribution in [0.25, 0.3) is 0 Å². The Kier molecular flexibility index (Phi) is 7.30. The van der Waals surface area contributed by atoms with Crippen LogP contribution in [0.1, 0.15) is 72.6 Å². The molecule has 29 heavy (non-hydrogen) atoms. The minimum atomic E-state index is -1.10. The highest BCUT2D eigenvalue weighted by molar-refractivity contribution is 6.04. The third-order valence-corrected chi connectivity index (χ3v) is 6.73. The second-order valence-corrected chi connectivity index (χ2v) is 8.68. The fraction of sp³-hybridized carbons (Fsp3) is 0.652. The number of carbonyl (C=O) groups is 2. The summed E-state index contributed by atoms with van der Waals surface area (Å²) in [4.78, 5) is 26.2. The van der Waals surface area contributed by atoms with E-state index in [1.807, 2.05) is 0 Å². The van der Waals surface area contributed by atoms with Crippen molar-refractivity contribution in [2.24, 2.45) is 17.8 Å². The van der Waals surface area contributed by atoms with Crippen LogP contribution in [-0.2, 0) is 0 Å². The molecule has 1 aliphatic heterocycles. The number of likely N-dealkylation sites (tertiary alicyclic amines) is 1. The average Bonchev–Trinajstić information content (AvgIpc) is 3.23. The molecule has 2 aliphatic rings. The van der Waals surface area contributed by atoms with Gasteiger partial charge in [0.15, 0.2) is 0 Å². The van der Waals surface area contributed by atoms with Crippen LogP contribution in [0.4, 0.5) is 0 Å². The van der Waals surface area contributed by atoms with E-state index in [0.29, 0.717) is 25.9 Å². The minimum Gasteiger partial charge on any atom is -0.478 e. The Morgan fingerprint density at radius 2 is 1.86 bits per heavy atom. The van der Waals surface area contributed by atoms with Crippen LogP contribution < -0.4 is 0 Å². The highest BCUT2D eigenvalue weighted by Gasteiger charge is 2.48. The summed E-state index contributed by atoms with van der Waals surface area (Å²) >= 11 is 0. The molecule has 2 fully saturated rings. The average molecular weight is 404 g/mol. The number of aliphatic hydroxyl groups excluding tert-OH is 2. The molecule has 0 radical (unpaired) electrons. The summed E-state index contributed by atoms with van der Waals surface area (Å²) in [5.41, 5.74) is 0.254. The molecule has 1 unspecified atom stereocenters. The number of unbranched alkanes of at least 4 members (excludes halogenated alkanes) is 2. The molecule has 1 aromatic rings. The van der Waals surface area contributed by atoms with Crippen LogP contribution >= 0.6 is 0 Å². The third kappa shape index (κ3) is 4.98. The molecule has 1 saturated heterocycles. The van der Waals surface area contributed by atoms with E-state index in [-0.39, 0.29) is 47.0 Å². The number of aliphatic hydroxyl groups is 2. The molecule has 1 aliphatic carbocycles. The molecule has 0 aromatic heterocycles. The molecule has 1 heterocycles. The molecular formula is C23H33NO5. The lowest BCUT2D eigenvalue weighted by Crippen LogP contribution is -2.33. The fourth-order valence-electron chi connectivity index (χ4n) is 5.16.